The number of hydrogen-bond acceptors (Lipinski definition) is 2. The fourth-order valence-corrected chi connectivity index (χ4v) is 5.79. The highest BCUT2D eigenvalue weighted by molar-refractivity contribution is 5.98. The van der Waals surface area contributed by atoms with Crippen LogP contribution in [0.25, 0.3) is 0 Å². The Bertz CT molecular complexity index is 989. The van der Waals surface area contributed by atoms with Crippen LogP contribution in [0.2, 0.25) is 0 Å². The lowest BCUT2D eigenvalue weighted by Crippen LogP contribution is -2.47. The first-order valence-corrected chi connectivity index (χ1v) is 12.5. The molecule has 5 rings (SSSR count). The second-order valence-electron chi connectivity index (χ2n) is 11.6. The van der Waals surface area contributed by atoms with Gasteiger partial charge in [0.1, 0.15) is 0 Å². The quantitative estimate of drug-likeness (QED) is 0.599. The first kappa shape index (κ1) is 21.7. The molecule has 1 spiro atoms. The summed E-state index contributed by atoms with van der Waals surface area (Å²) in [5.41, 5.74) is 7.06. The maximum Gasteiger partial charge on any atom is 0.230 e. The summed E-state index contributed by atoms with van der Waals surface area (Å²) < 4.78 is 0. The van der Waals surface area contributed by atoms with Gasteiger partial charge in [-0.05, 0) is 73.9 Å². The summed E-state index contributed by atoms with van der Waals surface area (Å²) in [4.78, 5) is 18.0. The Morgan fingerprint density at radius 1 is 1.03 bits per heavy atom. The Hall–Kier alpha value is -2.13. The summed E-state index contributed by atoms with van der Waals surface area (Å²) >= 11 is 0. The molecule has 32 heavy (non-hydrogen) atoms. The third-order valence-corrected chi connectivity index (χ3v) is 8.23. The number of rotatable bonds is 3. The molecule has 0 bridgehead atoms. The molecule has 2 aliphatic heterocycles. The van der Waals surface area contributed by atoms with Crippen molar-refractivity contribution in [3.05, 3.63) is 64.7 Å². The van der Waals surface area contributed by atoms with Crippen molar-refractivity contribution in [3.63, 3.8) is 0 Å². The zero-order valence-electron chi connectivity index (χ0n) is 20.3. The lowest BCUT2D eigenvalue weighted by molar-refractivity contribution is -0.124. The Balaban J connectivity index is 1.30. The van der Waals surface area contributed by atoms with Crippen molar-refractivity contribution >= 4 is 11.6 Å². The maximum atomic E-state index is 13.2. The smallest absolute Gasteiger partial charge is 0.230 e. The molecule has 1 saturated heterocycles. The summed E-state index contributed by atoms with van der Waals surface area (Å²) in [5, 5.41) is 0. The zero-order chi connectivity index (χ0) is 22.5. The number of hydrogen-bond donors (Lipinski definition) is 0. The average Bonchev–Trinajstić information content (AvgIpc) is 3.02. The van der Waals surface area contributed by atoms with Crippen LogP contribution in [-0.4, -0.2) is 30.4 Å². The van der Waals surface area contributed by atoms with E-state index in [4.69, 9.17) is 0 Å². The minimum absolute atomic E-state index is 0.132. The van der Waals surface area contributed by atoms with E-state index in [0.29, 0.717) is 5.91 Å². The summed E-state index contributed by atoms with van der Waals surface area (Å²) in [7, 11) is 0. The second kappa shape index (κ2) is 8.02. The predicted molar refractivity (Wildman–Crippen MR) is 132 cm³/mol. The van der Waals surface area contributed by atoms with Gasteiger partial charge in [0.05, 0.1) is 0 Å². The van der Waals surface area contributed by atoms with Crippen molar-refractivity contribution in [3.8, 4) is 0 Å². The van der Waals surface area contributed by atoms with Gasteiger partial charge in [0.15, 0.2) is 0 Å². The van der Waals surface area contributed by atoms with Crippen LogP contribution in [0.5, 0.6) is 0 Å². The van der Waals surface area contributed by atoms with Gasteiger partial charge in [-0.25, -0.2) is 0 Å². The molecule has 0 N–H and O–H groups in total. The van der Waals surface area contributed by atoms with Crippen LogP contribution < -0.4 is 4.90 Å². The summed E-state index contributed by atoms with van der Waals surface area (Å²) in [6, 6.07) is 15.9. The minimum atomic E-state index is 0.132. The van der Waals surface area contributed by atoms with Crippen LogP contribution in [0, 0.1) is 12.8 Å². The first-order chi connectivity index (χ1) is 15.2. The second-order valence-corrected chi connectivity index (χ2v) is 11.6. The molecule has 0 aromatic heterocycles. The van der Waals surface area contributed by atoms with E-state index in [1.165, 1.54) is 34.4 Å². The molecule has 3 heteroatoms. The molecule has 0 unspecified atom stereocenters. The number of amides is 1. The fourth-order valence-electron chi connectivity index (χ4n) is 5.79. The summed E-state index contributed by atoms with van der Waals surface area (Å²) in [6.07, 6.45) is 5.63. The van der Waals surface area contributed by atoms with E-state index in [-0.39, 0.29) is 16.7 Å². The Labute approximate surface area is 193 Å². The lowest BCUT2D eigenvalue weighted by Gasteiger charge is -2.40. The highest BCUT2D eigenvalue weighted by Gasteiger charge is 2.47. The average molecular weight is 431 g/mol. The van der Waals surface area contributed by atoms with E-state index in [0.717, 1.165) is 51.9 Å². The lowest BCUT2D eigenvalue weighted by atomic mass is 9.74. The van der Waals surface area contributed by atoms with Crippen molar-refractivity contribution < 1.29 is 4.79 Å². The molecule has 2 aromatic carbocycles. The van der Waals surface area contributed by atoms with Gasteiger partial charge in [0.25, 0.3) is 0 Å². The van der Waals surface area contributed by atoms with Crippen molar-refractivity contribution in [1.29, 1.82) is 0 Å². The van der Waals surface area contributed by atoms with Gasteiger partial charge in [-0.2, -0.15) is 0 Å². The van der Waals surface area contributed by atoms with Gasteiger partial charge in [0, 0.05) is 30.1 Å². The molecule has 1 saturated carbocycles. The van der Waals surface area contributed by atoms with Gasteiger partial charge in [0.2, 0.25) is 5.91 Å². The zero-order valence-corrected chi connectivity index (χ0v) is 20.3. The first-order valence-electron chi connectivity index (χ1n) is 12.5. The number of carbonyl (C=O) groups excluding carboxylic acids is 1. The van der Waals surface area contributed by atoms with E-state index < -0.39 is 0 Å². The van der Waals surface area contributed by atoms with Crippen molar-refractivity contribution in [2.24, 2.45) is 5.92 Å². The van der Waals surface area contributed by atoms with Crippen LogP contribution >= 0.6 is 0 Å². The third-order valence-electron chi connectivity index (χ3n) is 8.23. The molecule has 3 aliphatic rings. The number of anilines is 1. The molecule has 170 valence electrons. The van der Waals surface area contributed by atoms with E-state index in [1.807, 2.05) is 0 Å². The van der Waals surface area contributed by atoms with E-state index >= 15 is 0 Å². The minimum Gasteiger partial charge on any atom is -0.311 e. The topological polar surface area (TPSA) is 23.6 Å². The number of nitrogens with zero attached hydrogens (tertiary/aromatic N) is 2. The molecule has 2 aromatic rings. The highest BCUT2D eigenvalue weighted by atomic mass is 16.2. The van der Waals surface area contributed by atoms with Gasteiger partial charge in [-0.1, -0.05) is 69.2 Å². The van der Waals surface area contributed by atoms with Crippen LogP contribution in [0.4, 0.5) is 5.69 Å². The number of piperidine rings is 1. The summed E-state index contributed by atoms with van der Waals surface area (Å²) in [6.45, 7) is 13.1. The predicted octanol–water partition coefficient (Wildman–Crippen LogP) is 5.97. The van der Waals surface area contributed by atoms with E-state index in [1.54, 1.807) is 0 Å². The van der Waals surface area contributed by atoms with Gasteiger partial charge in [-0.15, -0.1) is 0 Å². The van der Waals surface area contributed by atoms with Crippen LogP contribution in [0.15, 0.2) is 42.5 Å². The van der Waals surface area contributed by atoms with Gasteiger partial charge < -0.3 is 4.90 Å². The molecule has 0 radical (unpaired) electrons. The molecule has 1 amide bonds. The maximum absolute atomic E-state index is 13.2. The Morgan fingerprint density at radius 3 is 2.31 bits per heavy atom. The number of carbonyl (C=O) groups is 1. The van der Waals surface area contributed by atoms with Crippen LogP contribution in [0.3, 0.4) is 0 Å². The van der Waals surface area contributed by atoms with Gasteiger partial charge >= 0.3 is 0 Å². The highest BCUT2D eigenvalue weighted by Crippen LogP contribution is 2.48. The number of benzene rings is 2. The molecule has 3 nitrogen and oxygen atoms in total. The van der Waals surface area contributed by atoms with Crippen molar-refractivity contribution in [2.75, 3.05) is 24.5 Å². The monoisotopic (exact) mass is 430 g/mol. The van der Waals surface area contributed by atoms with Gasteiger partial charge in [-0.3, -0.25) is 9.69 Å². The standard InChI is InChI=1S/C29H38N2O/c1-21-8-13-26-25(18-21)29(20-31(26)27(32)23-6-5-7-23)14-16-30(17-15-29)19-22-9-11-24(12-10-22)28(2,3)4/h8-13,18,23H,5-7,14-17,19-20H2,1-4H3. The molecular weight excluding hydrogens is 392 g/mol. The Morgan fingerprint density at radius 2 is 1.72 bits per heavy atom. The van der Waals surface area contributed by atoms with Crippen LogP contribution in [0.1, 0.15) is 75.1 Å². The van der Waals surface area contributed by atoms with Crippen molar-refractivity contribution in [2.45, 2.75) is 77.2 Å². The van der Waals surface area contributed by atoms with Crippen molar-refractivity contribution in [1.82, 2.24) is 4.90 Å². The Kier molecular flexibility index (Phi) is 5.44. The molecular formula is C29H38N2O. The number of likely N-dealkylation sites (tertiary alicyclic amines) is 1. The molecule has 2 heterocycles. The summed E-state index contributed by atoms with van der Waals surface area (Å²) in [5.74, 6) is 0.634. The van der Waals surface area contributed by atoms with Crippen LogP contribution in [-0.2, 0) is 22.2 Å². The van der Waals surface area contributed by atoms with E-state index in [2.05, 4.69) is 80.0 Å². The molecule has 1 aliphatic carbocycles. The molecule has 2 fully saturated rings. The SMILES string of the molecule is Cc1ccc2c(c1)C1(CCN(Cc3ccc(C(C)(C)C)cc3)CC1)CN2C(=O)C1CCC1. The third kappa shape index (κ3) is 3.90. The number of aryl methyl sites for hydroxylation is 1. The number of fused-ring (bicyclic) bond motifs is 2. The fraction of sp³-hybridized carbons (Fsp3) is 0.552. The normalized spacial score (nSPS) is 20.9. The largest absolute Gasteiger partial charge is 0.311 e. The molecule has 0 atom stereocenters. The van der Waals surface area contributed by atoms with E-state index in [9.17, 15) is 4.79 Å².